The molecule has 0 unspecified atom stereocenters. The summed E-state index contributed by atoms with van der Waals surface area (Å²) in [4.78, 5) is 15.3. The summed E-state index contributed by atoms with van der Waals surface area (Å²) in [6.45, 7) is 1.68. The number of benzene rings is 1. The van der Waals surface area contributed by atoms with Crippen molar-refractivity contribution >= 4 is 21.9 Å². The van der Waals surface area contributed by atoms with E-state index < -0.39 is 5.97 Å². The monoisotopic (exact) mass is 321 g/mol. The van der Waals surface area contributed by atoms with Gasteiger partial charge >= 0.3 is 5.97 Å². The van der Waals surface area contributed by atoms with Crippen molar-refractivity contribution in [2.45, 2.75) is 6.92 Å². The van der Waals surface area contributed by atoms with E-state index in [-0.39, 0.29) is 5.56 Å². The van der Waals surface area contributed by atoms with Crippen LogP contribution in [0.25, 0.3) is 11.3 Å². The largest absolute Gasteiger partial charge is 0.496 e. The molecule has 0 fully saturated rings. The molecule has 0 radical (unpaired) electrons. The molecule has 4 nitrogen and oxygen atoms in total. The predicted octanol–water partition coefficient (Wildman–Crippen LogP) is 3.53. The summed E-state index contributed by atoms with van der Waals surface area (Å²) < 4.78 is 6.22. The van der Waals surface area contributed by atoms with Gasteiger partial charge in [0, 0.05) is 10.0 Å². The molecule has 1 N–H and O–H groups in total. The number of carbonyl (C=O) groups is 1. The van der Waals surface area contributed by atoms with Gasteiger partial charge in [-0.3, -0.25) is 4.98 Å². The molecule has 5 heteroatoms. The maximum absolute atomic E-state index is 11.0. The first-order chi connectivity index (χ1) is 9.02. The second-order valence-electron chi connectivity index (χ2n) is 3.98. The molecule has 0 saturated carbocycles. The zero-order valence-electron chi connectivity index (χ0n) is 10.5. The van der Waals surface area contributed by atoms with E-state index in [0.29, 0.717) is 17.1 Å². The maximum Gasteiger partial charge on any atom is 0.337 e. The van der Waals surface area contributed by atoms with Gasteiger partial charge in [-0.15, -0.1) is 0 Å². The molecule has 0 saturated heterocycles. The minimum Gasteiger partial charge on any atom is -0.496 e. The quantitative estimate of drug-likeness (QED) is 0.939. The lowest BCUT2D eigenvalue weighted by atomic mass is 10.1. The topological polar surface area (TPSA) is 59.4 Å². The molecule has 0 aliphatic rings. The number of rotatable bonds is 3. The second-order valence-corrected chi connectivity index (χ2v) is 4.89. The van der Waals surface area contributed by atoms with E-state index in [2.05, 4.69) is 20.9 Å². The molecule has 0 aliphatic heterocycles. The number of carboxylic acids is 1. The number of pyridine rings is 1. The van der Waals surface area contributed by atoms with Gasteiger partial charge in [0.2, 0.25) is 0 Å². The Morgan fingerprint density at radius 1 is 1.32 bits per heavy atom. The molecule has 0 aliphatic carbocycles. The number of aromatic nitrogens is 1. The van der Waals surface area contributed by atoms with Crippen LogP contribution in [0.2, 0.25) is 0 Å². The Morgan fingerprint density at radius 2 is 2.05 bits per heavy atom. The number of nitrogens with zero attached hydrogens (tertiary/aromatic N) is 1. The van der Waals surface area contributed by atoms with E-state index in [9.17, 15) is 4.79 Å². The molecule has 1 aromatic heterocycles. The third kappa shape index (κ3) is 2.76. The van der Waals surface area contributed by atoms with Gasteiger partial charge in [-0.1, -0.05) is 15.9 Å². The van der Waals surface area contributed by atoms with E-state index in [1.807, 2.05) is 18.2 Å². The molecular formula is C14H12BrNO3. The summed E-state index contributed by atoms with van der Waals surface area (Å²) in [6, 6.07) is 8.85. The van der Waals surface area contributed by atoms with Crippen molar-refractivity contribution in [3.05, 3.63) is 46.1 Å². The van der Waals surface area contributed by atoms with Crippen LogP contribution in [-0.2, 0) is 0 Å². The average molecular weight is 322 g/mol. The fourth-order valence-electron chi connectivity index (χ4n) is 1.81. The summed E-state index contributed by atoms with van der Waals surface area (Å²) in [5.41, 5.74) is 2.20. The van der Waals surface area contributed by atoms with Crippen LogP contribution >= 0.6 is 15.9 Å². The normalized spacial score (nSPS) is 10.3. The van der Waals surface area contributed by atoms with Gasteiger partial charge in [0.1, 0.15) is 5.75 Å². The van der Waals surface area contributed by atoms with Crippen LogP contribution in [0.5, 0.6) is 5.75 Å². The fourth-order valence-corrected chi connectivity index (χ4v) is 2.15. The highest BCUT2D eigenvalue weighted by molar-refractivity contribution is 9.10. The second kappa shape index (κ2) is 5.40. The van der Waals surface area contributed by atoms with Crippen molar-refractivity contribution in [1.82, 2.24) is 4.98 Å². The first kappa shape index (κ1) is 13.5. The Hall–Kier alpha value is -1.88. The predicted molar refractivity (Wildman–Crippen MR) is 75.6 cm³/mol. The van der Waals surface area contributed by atoms with Crippen molar-refractivity contribution in [2.75, 3.05) is 7.11 Å². The number of carboxylic acid groups (broad SMARTS) is 1. The Labute approximate surface area is 119 Å². The Balaban J connectivity index is 2.54. The van der Waals surface area contributed by atoms with Crippen molar-refractivity contribution in [1.29, 1.82) is 0 Å². The maximum atomic E-state index is 11.0. The van der Waals surface area contributed by atoms with E-state index >= 15 is 0 Å². The molecule has 0 amide bonds. The zero-order valence-corrected chi connectivity index (χ0v) is 12.1. The molecule has 2 rings (SSSR count). The fraction of sp³-hybridized carbons (Fsp3) is 0.143. The molecule has 0 spiro atoms. The molecule has 0 atom stereocenters. The average Bonchev–Trinajstić information content (AvgIpc) is 2.37. The van der Waals surface area contributed by atoms with E-state index in [0.717, 1.165) is 10.0 Å². The van der Waals surface area contributed by atoms with Gasteiger partial charge < -0.3 is 9.84 Å². The Morgan fingerprint density at radius 3 is 2.63 bits per heavy atom. The molecule has 19 heavy (non-hydrogen) atoms. The number of aromatic carboxylic acids is 1. The van der Waals surface area contributed by atoms with Crippen LogP contribution in [0.4, 0.5) is 0 Å². The standard InChI is InChI=1S/C14H12BrNO3/c1-8-10(14(17)18)5-6-12(16-8)11-4-3-9(15)7-13(11)19-2/h3-7H,1-2H3,(H,17,18). The summed E-state index contributed by atoms with van der Waals surface area (Å²) in [6.07, 6.45) is 0. The van der Waals surface area contributed by atoms with Gasteiger partial charge in [0.15, 0.2) is 0 Å². The zero-order chi connectivity index (χ0) is 14.0. The Kier molecular flexibility index (Phi) is 3.85. The lowest BCUT2D eigenvalue weighted by Gasteiger charge is -2.10. The number of ether oxygens (including phenoxy) is 1. The first-order valence-electron chi connectivity index (χ1n) is 5.58. The number of hydrogen-bond acceptors (Lipinski definition) is 3. The van der Waals surface area contributed by atoms with Gasteiger partial charge in [-0.05, 0) is 37.3 Å². The van der Waals surface area contributed by atoms with Crippen LogP contribution < -0.4 is 4.74 Å². The highest BCUT2D eigenvalue weighted by Crippen LogP contribution is 2.31. The lowest BCUT2D eigenvalue weighted by Crippen LogP contribution is -2.02. The SMILES string of the molecule is COc1cc(Br)ccc1-c1ccc(C(=O)O)c(C)n1. The number of methoxy groups -OCH3 is 1. The summed E-state index contributed by atoms with van der Waals surface area (Å²) in [5.74, 6) is -0.288. The molecular weight excluding hydrogens is 310 g/mol. The minimum atomic E-state index is -0.973. The molecule has 98 valence electrons. The summed E-state index contributed by atoms with van der Waals surface area (Å²) >= 11 is 3.38. The van der Waals surface area contributed by atoms with Crippen LogP contribution in [0.1, 0.15) is 16.1 Å². The number of halogens is 1. The van der Waals surface area contributed by atoms with Crippen LogP contribution in [0.15, 0.2) is 34.8 Å². The van der Waals surface area contributed by atoms with Crippen LogP contribution in [0, 0.1) is 6.92 Å². The van der Waals surface area contributed by atoms with Crippen molar-refractivity contribution < 1.29 is 14.6 Å². The highest BCUT2D eigenvalue weighted by Gasteiger charge is 2.12. The van der Waals surface area contributed by atoms with Gasteiger partial charge in [-0.2, -0.15) is 0 Å². The van der Waals surface area contributed by atoms with Gasteiger partial charge in [0.05, 0.1) is 24.1 Å². The Bertz CT molecular complexity index is 641. The first-order valence-corrected chi connectivity index (χ1v) is 6.37. The number of aryl methyl sites for hydroxylation is 1. The minimum absolute atomic E-state index is 0.208. The molecule has 0 bridgehead atoms. The van der Waals surface area contributed by atoms with E-state index in [1.54, 1.807) is 26.2 Å². The molecule has 1 heterocycles. The highest BCUT2D eigenvalue weighted by atomic mass is 79.9. The van der Waals surface area contributed by atoms with Crippen LogP contribution in [0.3, 0.4) is 0 Å². The third-order valence-electron chi connectivity index (χ3n) is 2.76. The van der Waals surface area contributed by atoms with E-state index in [1.165, 1.54) is 0 Å². The number of hydrogen-bond donors (Lipinski definition) is 1. The molecule has 2 aromatic rings. The van der Waals surface area contributed by atoms with Crippen molar-refractivity contribution in [2.24, 2.45) is 0 Å². The lowest BCUT2D eigenvalue weighted by molar-refractivity contribution is 0.0695. The van der Waals surface area contributed by atoms with Gasteiger partial charge in [0.25, 0.3) is 0 Å². The van der Waals surface area contributed by atoms with E-state index in [4.69, 9.17) is 9.84 Å². The third-order valence-corrected chi connectivity index (χ3v) is 3.25. The molecule has 1 aromatic carbocycles. The van der Waals surface area contributed by atoms with Crippen molar-refractivity contribution in [3.8, 4) is 17.0 Å². The van der Waals surface area contributed by atoms with Gasteiger partial charge in [-0.25, -0.2) is 4.79 Å². The summed E-state index contributed by atoms with van der Waals surface area (Å²) in [7, 11) is 1.59. The van der Waals surface area contributed by atoms with Crippen LogP contribution in [-0.4, -0.2) is 23.2 Å². The smallest absolute Gasteiger partial charge is 0.337 e. The summed E-state index contributed by atoms with van der Waals surface area (Å²) in [5, 5.41) is 8.99. The van der Waals surface area contributed by atoms with Crippen molar-refractivity contribution in [3.63, 3.8) is 0 Å².